The van der Waals surface area contributed by atoms with E-state index in [1.807, 2.05) is 250 Å². The lowest BCUT2D eigenvalue weighted by atomic mass is 9.91. The molecule has 1 unspecified atom stereocenters. The molecular formula is C69H72O11. The van der Waals surface area contributed by atoms with Crippen LogP contribution in [0.5, 0.6) is 0 Å². The molecule has 0 bridgehead atoms. The minimum absolute atomic E-state index is 0.123. The lowest BCUT2D eigenvalue weighted by Crippen LogP contribution is -2.70. The van der Waals surface area contributed by atoms with Gasteiger partial charge in [0.1, 0.15) is 48.8 Å². The number of rotatable bonds is 28. The monoisotopic (exact) mass is 1080 g/mol. The predicted octanol–water partition coefficient (Wildman–Crippen LogP) is 12.8. The number of benzene rings is 8. The minimum Gasteiger partial charge on any atom is -0.374 e. The molecule has 80 heavy (non-hydrogen) atoms. The van der Waals surface area contributed by atoms with E-state index >= 15 is 0 Å². The molecule has 414 valence electrons. The number of ether oxygens (including phenoxy) is 11. The van der Waals surface area contributed by atoms with Crippen molar-refractivity contribution in [3.63, 3.8) is 0 Å². The lowest BCUT2D eigenvalue weighted by Gasteiger charge is -2.53. The zero-order chi connectivity index (χ0) is 54.4. The van der Waals surface area contributed by atoms with Crippen molar-refractivity contribution in [3.8, 4) is 0 Å². The van der Waals surface area contributed by atoms with Crippen LogP contribution in [0, 0.1) is 0 Å². The summed E-state index contributed by atoms with van der Waals surface area (Å²) in [5.74, 6) is -1.64. The Bertz CT molecular complexity index is 2950. The van der Waals surface area contributed by atoms with E-state index < -0.39 is 60.9 Å². The average Bonchev–Trinajstić information content (AvgIpc) is 3.60. The normalized spacial score (nSPS) is 23.8. The summed E-state index contributed by atoms with van der Waals surface area (Å²) in [5, 5.41) is 0. The zero-order valence-corrected chi connectivity index (χ0v) is 45.4. The van der Waals surface area contributed by atoms with Crippen LogP contribution in [0.3, 0.4) is 0 Å². The van der Waals surface area contributed by atoms with Gasteiger partial charge in [-0.2, -0.15) is 0 Å². The van der Waals surface area contributed by atoms with E-state index in [9.17, 15) is 0 Å². The summed E-state index contributed by atoms with van der Waals surface area (Å²) in [4.78, 5) is 0. The molecule has 0 spiro atoms. The van der Waals surface area contributed by atoms with Gasteiger partial charge in [-0.3, -0.25) is 0 Å². The molecule has 2 heterocycles. The Morgan fingerprint density at radius 2 is 0.575 bits per heavy atom. The molecule has 2 aliphatic rings. The number of hydrogen-bond acceptors (Lipinski definition) is 11. The summed E-state index contributed by atoms with van der Waals surface area (Å²) in [7, 11) is 0. The summed E-state index contributed by atoms with van der Waals surface area (Å²) in [6.45, 7) is 4.28. The van der Waals surface area contributed by atoms with Gasteiger partial charge < -0.3 is 52.1 Å². The van der Waals surface area contributed by atoms with Crippen molar-refractivity contribution in [2.75, 3.05) is 13.2 Å². The highest BCUT2D eigenvalue weighted by molar-refractivity contribution is 5.20. The highest BCUT2D eigenvalue weighted by Gasteiger charge is 2.59. The molecule has 0 saturated carbocycles. The topological polar surface area (TPSA) is 102 Å². The quantitative estimate of drug-likeness (QED) is 0.0469. The van der Waals surface area contributed by atoms with Gasteiger partial charge in [-0.25, -0.2) is 0 Å². The average molecular weight is 1080 g/mol. The van der Waals surface area contributed by atoms with E-state index in [-0.39, 0.29) is 52.9 Å². The van der Waals surface area contributed by atoms with Gasteiger partial charge in [-0.15, -0.1) is 0 Å². The van der Waals surface area contributed by atoms with Crippen LogP contribution in [0.25, 0.3) is 0 Å². The van der Waals surface area contributed by atoms with Crippen LogP contribution >= 0.6 is 0 Å². The second-order valence-electron chi connectivity index (χ2n) is 20.4. The third kappa shape index (κ3) is 16.2. The van der Waals surface area contributed by atoms with Gasteiger partial charge in [0.25, 0.3) is 0 Å². The molecule has 11 nitrogen and oxygen atoms in total. The Kier molecular flexibility index (Phi) is 21.0. The second-order valence-corrected chi connectivity index (χ2v) is 20.4. The van der Waals surface area contributed by atoms with Crippen LogP contribution < -0.4 is 0 Å². The Labute approximate surface area is 471 Å². The van der Waals surface area contributed by atoms with Crippen molar-refractivity contribution in [1.29, 1.82) is 0 Å². The first kappa shape index (κ1) is 56.6. The highest BCUT2D eigenvalue weighted by Crippen LogP contribution is 2.42. The van der Waals surface area contributed by atoms with Crippen molar-refractivity contribution in [1.82, 2.24) is 0 Å². The van der Waals surface area contributed by atoms with Gasteiger partial charge in [-0.05, 0) is 51.4 Å². The predicted molar refractivity (Wildman–Crippen MR) is 305 cm³/mol. The van der Waals surface area contributed by atoms with Crippen LogP contribution in [-0.2, 0) is 105 Å². The van der Waals surface area contributed by atoms with E-state index in [1.165, 1.54) is 0 Å². The molecule has 2 fully saturated rings. The van der Waals surface area contributed by atoms with Crippen LogP contribution in [0.4, 0.5) is 0 Å². The molecule has 0 N–H and O–H groups in total. The van der Waals surface area contributed by atoms with Gasteiger partial charge in [0.15, 0.2) is 12.1 Å². The smallest absolute Gasteiger partial charge is 0.198 e. The van der Waals surface area contributed by atoms with Crippen LogP contribution in [0.15, 0.2) is 243 Å². The van der Waals surface area contributed by atoms with Gasteiger partial charge in [-0.1, -0.05) is 243 Å². The first-order chi connectivity index (χ1) is 39.5. The molecule has 0 radical (unpaired) electrons. The standard InChI is InChI=1S/C69H72O11/c1-69(67(77-49-59-40-24-9-25-41-59)65(75-47-57-36-20-7-21-37-57)63(73-45-55-32-16-5-17-33-55)61(79-69)51-71-43-53-28-12-3-13-29-53)80-68-66(76-48-58-38-22-8-23-39-58)64(74-46-56-34-18-6-19-35-56)62(72-44-54-30-14-4-15-31-54)60(78-68)50-70-42-52-26-10-2-11-27-52/h2-41,60-68H,42-51H2,1H3/t60-,61-,62+,63-,64+,65+,66-,67-,68?,69-/m1/s1. The molecule has 0 aliphatic carbocycles. The van der Waals surface area contributed by atoms with E-state index in [0.29, 0.717) is 13.2 Å². The maximum atomic E-state index is 7.62. The number of hydrogen-bond donors (Lipinski definition) is 0. The fourth-order valence-electron chi connectivity index (χ4n) is 10.2. The molecule has 10 atom stereocenters. The fourth-order valence-corrected chi connectivity index (χ4v) is 10.2. The molecule has 8 aromatic rings. The summed E-state index contributed by atoms with van der Waals surface area (Å²) in [5.41, 5.74) is 7.88. The van der Waals surface area contributed by atoms with Crippen LogP contribution in [0.2, 0.25) is 0 Å². The van der Waals surface area contributed by atoms with Crippen LogP contribution in [0.1, 0.15) is 51.4 Å². The Balaban J connectivity index is 1.06. The highest BCUT2D eigenvalue weighted by atomic mass is 16.8. The van der Waals surface area contributed by atoms with Crippen molar-refractivity contribution in [2.45, 2.75) is 121 Å². The maximum absolute atomic E-state index is 7.62. The molecule has 11 heteroatoms. The third-order valence-electron chi connectivity index (χ3n) is 14.3. The summed E-state index contributed by atoms with van der Waals surface area (Å²) in [6.07, 6.45) is -7.53. The largest absolute Gasteiger partial charge is 0.374 e. The SMILES string of the molecule is C[C@]1(OC2O[C@H](COCc3ccccc3)[C@H](OCc3ccccc3)[C@H](OCc3ccccc3)[C@H]2OCc2ccccc2)O[C@H](COCc2ccccc2)[C@@H](OCc2ccccc2)[C@H](OCc2ccccc2)[C@H]1OCc1ccccc1. The first-order valence-corrected chi connectivity index (χ1v) is 27.7. The van der Waals surface area contributed by atoms with E-state index in [2.05, 4.69) is 0 Å². The van der Waals surface area contributed by atoms with E-state index in [0.717, 1.165) is 44.5 Å². The molecule has 0 amide bonds. The van der Waals surface area contributed by atoms with Crippen molar-refractivity contribution >= 4 is 0 Å². The Morgan fingerprint density at radius 1 is 0.300 bits per heavy atom. The molecular weight excluding hydrogens is 1000 g/mol. The lowest BCUT2D eigenvalue weighted by molar-refractivity contribution is -0.431. The first-order valence-electron chi connectivity index (χ1n) is 27.7. The zero-order valence-electron chi connectivity index (χ0n) is 45.4. The van der Waals surface area contributed by atoms with Gasteiger partial charge in [0.05, 0.1) is 66.1 Å². The van der Waals surface area contributed by atoms with Crippen molar-refractivity contribution in [2.24, 2.45) is 0 Å². The van der Waals surface area contributed by atoms with Gasteiger partial charge in [0, 0.05) is 0 Å². The summed E-state index contributed by atoms with van der Waals surface area (Å²) < 4.78 is 78.4. The van der Waals surface area contributed by atoms with Crippen molar-refractivity contribution in [3.05, 3.63) is 287 Å². The summed E-state index contributed by atoms with van der Waals surface area (Å²) >= 11 is 0. The van der Waals surface area contributed by atoms with Gasteiger partial charge >= 0.3 is 0 Å². The molecule has 8 aromatic carbocycles. The molecule has 2 aliphatic heterocycles. The van der Waals surface area contributed by atoms with Crippen molar-refractivity contribution < 1.29 is 52.1 Å². The minimum atomic E-state index is -1.64. The summed E-state index contributed by atoms with van der Waals surface area (Å²) in [6, 6.07) is 80.7. The molecule has 10 rings (SSSR count). The molecule has 0 aromatic heterocycles. The third-order valence-corrected chi connectivity index (χ3v) is 14.3. The van der Waals surface area contributed by atoms with E-state index in [1.54, 1.807) is 0 Å². The van der Waals surface area contributed by atoms with Crippen LogP contribution in [-0.4, -0.2) is 74.1 Å². The fraction of sp³-hybridized carbons (Fsp3) is 0.304. The maximum Gasteiger partial charge on any atom is 0.198 e. The Morgan fingerprint density at radius 3 is 0.938 bits per heavy atom. The second kappa shape index (κ2) is 29.7. The van der Waals surface area contributed by atoms with Gasteiger partial charge in [0.2, 0.25) is 0 Å². The molecule has 2 saturated heterocycles. The van der Waals surface area contributed by atoms with E-state index in [4.69, 9.17) is 52.1 Å². The Hall–Kier alpha value is -6.68.